The number of carbonyl (C=O) groups is 1. The highest BCUT2D eigenvalue weighted by Gasteiger charge is 2.23. The number of halogens is 2. The van der Waals surface area contributed by atoms with Gasteiger partial charge in [0, 0.05) is 54.2 Å². The molecule has 142 valence electrons. The van der Waals surface area contributed by atoms with Crippen molar-refractivity contribution in [1.82, 2.24) is 14.8 Å². The number of nitrogens with zero attached hydrogens (tertiary/aromatic N) is 2. The molecule has 1 amide bonds. The number of hydrogen-bond donors (Lipinski definition) is 1. The summed E-state index contributed by atoms with van der Waals surface area (Å²) < 4.78 is 14.8. The number of hydrogen-bond acceptors (Lipinski definition) is 3. The van der Waals surface area contributed by atoms with Crippen LogP contribution in [0.5, 0.6) is 0 Å². The van der Waals surface area contributed by atoms with E-state index < -0.39 is 0 Å². The van der Waals surface area contributed by atoms with Gasteiger partial charge in [0.1, 0.15) is 5.82 Å². The minimum absolute atomic E-state index is 0.113. The van der Waals surface area contributed by atoms with Crippen molar-refractivity contribution in [2.45, 2.75) is 19.9 Å². The number of aryl methyl sites for hydroxylation is 1. The van der Waals surface area contributed by atoms with E-state index in [1.807, 2.05) is 11.8 Å². The number of benzene rings is 1. The lowest BCUT2D eigenvalue weighted by molar-refractivity contribution is -0.132. The second-order valence-corrected chi connectivity index (χ2v) is 9.51. The maximum atomic E-state index is 13.6. The van der Waals surface area contributed by atoms with E-state index in [-0.39, 0.29) is 11.7 Å². The maximum absolute atomic E-state index is 13.6. The van der Waals surface area contributed by atoms with Gasteiger partial charge in [-0.05, 0) is 58.7 Å². The molecule has 1 aromatic carbocycles. The Hall–Kier alpha value is -1.70. The third-order valence-electron chi connectivity index (χ3n) is 5.14. The van der Waals surface area contributed by atoms with Crippen LogP contribution in [0.15, 0.2) is 34.1 Å². The summed E-state index contributed by atoms with van der Waals surface area (Å²) in [6.07, 6.45) is 0.313. The van der Waals surface area contributed by atoms with E-state index in [0.29, 0.717) is 6.42 Å². The molecule has 3 heterocycles. The van der Waals surface area contributed by atoms with Crippen molar-refractivity contribution in [1.29, 1.82) is 0 Å². The average Bonchev–Trinajstić information content (AvgIpc) is 3.19. The van der Waals surface area contributed by atoms with Crippen LogP contribution in [0.4, 0.5) is 4.39 Å². The molecule has 7 heteroatoms. The smallest absolute Gasteiger partial charge is 0.227 e. The number of nitrogens with one attached hydrogen (secondary N) is 1. The molecule has 2 aromatic heterocycles. The molecular formula is C20H21BrFN3OS. The van der Waals surface area contributed by atoms with Crippen LogP contribution in [0.1, 0.15) is 16.1 Å². The molecular weight excluding hydrogens is 429 g/mol. The molecule has 1 N–H and O–H groups in total. The highest BCUT2D eigenvalue weighted by atomic mass is 79.9. The van der Waals surface area contributed by atoms with Crippen LogP contribution in [0.2, 0.25) is 0 Å². The molecule has 0 atom stereocenters. The Bertz CT molecular complexity index is 975. The second kappa shape index (κ2) is 7.73. The number of amides is 1. The zero-order valence-electron chi connectivity index (χ0n) is 15.1. The van der Waals surface area contributed by atoms with Crippen LogP contribution in [-0.2, 0) is 17.8 Å². The van der Waals surface area contributed by atoms with Gasteiger partial charge in [-0.25, -0.2) is 4.39 Å². The van der Waals surface area contributed by atoms with Crippen molar-refractivity contribution in [3.63, 3.8) is 0 Å². The summed E-state index contributed by atoms with van der Waals surface area (Å²) in [5, 5.41) is 0.808. The highest BCUT2D eigenvalue weighted by Crippen LogP contribution is 2.25. The van der Waals surface area contributed by atoms with Gasteiger partial charge in [0.05, 0.1) is 10.2 Å². The molecule has 1 aliphatic heterocycles. The van der Waals surface area contributed by atoms with E-state index >= 15 is 0 Å². The summed E-state index contributed by atoms with van der Waals surface area (Å²) >= 11 is 5.26. The number of piperazine rings is 1. The number of H-pyrrole nitrogens is 1. The van der Waals surface area contributed by atoms with Gasteiger partial charge in [0.25, 0.3) is 0 Å². The lowest BCUT2D eigenvalue weighted by Gasteiger charge is -2.34. The van der Waals surface area contributed by atoms with E-state index in [1.54, 1.807) is 17.4 Å². The molecule has 4 nitrogen and oxygen atoms in total. The van der Waals surface area contributed by atoms with Crippen LogP contribution in [0, 0.1) is 12.7 Å². The van der Waals surface area contributed by atoms with Gasteiger partial charge in [0.2, 0.25) is 5.91 Å². The van der Waals surface area contributed by atoms with Gasteiger partial charge in [0.15, 0.2) is 0 Å². The summed E-state index contributed by atoms with van der Waals surface area (Å²) in [6, 6.07) is 8.90. The SMILES string of the molecule is Cc1[nH]c2ccc(F)cc2c1CC(=O)N1CCN(Cc2ccc(Br)s2)CC1. The first-order chi connectivity index (χ1) is 13.0. The van der Waals surface area contributed by atoms with Gasteiger partial charge in [-0.3, -0.25) is 9.69 Å². The van der Waals surface area contributed by atoms with Crippen molar-refractivity contribution >= 4 is 44.1 Å². The molecule has 3 aromatic rings. The van der Waals surface area contributed by atoms with E-state index in [9.17, 15) is 9.18 Å². The standard InChI is InChI=1S/C20H21BrFN3OS/c1-13-16(17-10-14(22)2-4-18(17)23-13)11-20(26)25-8-6-24(7-9-25)12-15-3-5-19(21)27-15/h2-5,10,23H,6-9,11-12H2,1H3. The minimum Gasteiger partial charge on any atom is -0.358 e. The van der Waals surface area contributed by atoms with Crippen LogP contribution >= 0.6 is 27.3 Å². The van der Waals surface area contributed by atoms with Crippen LogP contribution in [0.25, 0.3) is 10.9 Å². The molecule has 1 aliphatic rings. The van der Waals surface area contributed by atoms with Crippen LogP contribution in [0.3, 0.4) is 0 Å². The number of aromatic nitrogens is 1. The Kier molecular flexibility index (Phi) is 5.34. The summed E-state index contributed by atoms with van der Waals surface area (Å²) in [4.78, 5) is 21.7. The number of carbonyl (C=O) groups excluding carboxylic acids is 1. The Balaban J connectivity index is 1.39. The topological polar surface area (TPSA) is 39.3 Å². The first kappa shape index (κ1) is 18.7. The summed E-state index contributed by atoms with van der Waals surface area (Å²) in [7, 11) is 0. The zero-order chi connectivity index (χ0) is 19.0. The molecule has 0 radical (unpaired) electrons. The number of aromatic amines is 1. The Labute approximate surface area is 170 Å². The van der Waals surface area contributed by atoms with Gasteiger partial charge >= 0.3 is 0 Å². The van der Waals surface area contributed by atoms with E-state index in [2.05, 4.69) is 37.9 Å². The van der Waals surface area contributed by atoms with Crippen molar-refractivity contribution in [3.05, 3.63) is 56.1 Å². The fourth-order valence-electron chi connectivity index (χ4n) is 3.66. The molecule has 1 saturated heterocycles. The van der Waals surface area contributed by atoms with Gasteiger partial charge in [-0.15, -0.1) is 11.3 Å². The van der Waals surface area contributed by atoms with Gasteiger partial charge < -0.3 is 9.88 Å². The first-order valence-electron chi connectivity index (χ1n) is 9.00. The predicted molar refractivity (Wildman–Crippen MR) is 111 cm³/mol. The molecule has 0 unspecified atom stereocenters. The maximum Gasteiger partial charge on any atom is 0.227 e. The average molecular weight is 450 g/mol. The Morgan fingerprint density at radius 1 is 1.22 bits per heavy atom. The zero-order valence-corrected chi connectivity index (χ0v) is 17.5. The number of thiophene rings is 1. The second-order valence-electron chi connectivity index (χ2n) is 6.96. The quantitative estimate of drug-likeness (QED) is 0.643. The van der Waals surface area contributed by atoms with Crippen molar-refractivity contribution < 1.29 is 9.18 Å². The van der Waals surface area contributed by atoms with Crippen molar-refractivity contribution in [2.24, 2.45) is 0 Å². The molecule has 0 spiro atoms. The highest BCUT2D eigenvalue weighted by molar-refractivity contribution is 9.11. The number of rotatable bonds is 4. The first-order valence-corrected chi connectivity index (χ1v) is 10.6. The number of fused-ring (bicyclic) bond motifs is 1. The fraction of sp³-hybridized carbons (Fsp3) is 0.350. The van der Waals surface area contributed by atoms with E-state index in [4.69, 9.17) is 0 Å². The molecule has 4 rings (SSSR count). The molecule has 0 aliphatic carbocycles. The fourth-order valence-corrected chi connectivity index (χ4v) is 5.18. The summed E-state index contributed by atoms with van der Waals surface area (Å²) in [5.41, 5.74) is 2.72. The molecule has 0 bridgehead atoms. The lowest BCUT2D eigenvalue weighted by Crippen LogP contribution is -2.48. The molecule has 27 heavy (non-hydrogen) atoms. The van der Waals surface area contributed by atoms with E-state index in [1.165, 1.54) is 17.0 Å². The van der Waals surface area contributed by atoms with E-state index in [0.717, 1.165) is 58.7 Å². The minimum atomic E-state index is -0.274. The van der Waals surface area contributed by atoms with Crippen LogP contribution < -0.4 is 0 Å². The Morgan fingerprint density at radius 3 is 2.70 bits per heavy atom. The Morgan fingerprint density at radius 2 is 2.00 bits per heavy atom. The van der Waals surface area contributed by atoms with Gasteiger partial charge in [-0.2, -0.15) is 0 Å². The normalized spacial score (nSPS) is 15.6. The molecule has 1 fully saturated rings. The van der Waals surface area contributed by atoms with Crippen LogP contribution in [-0.4, -0.2) is 46.9 Å². The monoisotopic (exact) mass is 449 g/mol. The predicted octanol–water partition coefficient (Wildman–Crippen LogP) is 4.33. The summed E-state index contributed by atoms with van der Waals surface area (Å²) in [6.45, 7) is 6.10. The molecule has 0 saturated carbocycles. The van der Waals surface area contributed by atoms with Crippen molar-refractivity contribution in [3.8, 4) is 0 Å². The summed E-state index contributed by atoms with van der Waals surface area (Å²) in [5.74, 6) is -0.161. The largest absolute Gasteiger partial charge is 0.358 e. The van der Waals surface area contributed by atoms with Gasteiger partial charge in [-0.1, -0.05) is 0 Å². The lowest BCUT2D eigenvalue weighted by atomic mass is 10.1. The third-order valence-corrected chi connectivity index (χ3v) is 6.75. The van der Waals surface area contributed by atoms with Crippen molar-refractivity contribution in [2.75, 3.05) is 26.2 Å². The third kappa shape index (κ3) is 4.10.